The first-order valence-electron chi connectivity index (χ1n) is 7.51. The van der Waals surface area contributed by atoms with E-state index < -0.39 is 52.5 Å². The van der Waals surface area contributed by atoms with Gasteiger partial charge in [0.15, 0.2) is 29.1 Å². The van der Waals surface area contributed by atoms with Gasteiger partial charge in [0.1, 0.15) is 0 Å². The molecule has 2 unspecified atom stereocenters. The lowest BCUT2D eigenvalue weighted by atomic mass is 9.85. The van der Waals surface area contributed by atoms with E-state index in [4.69, 9.17) is 5.11 Å². The van der Waals surface area contributed by atoms with Gasteiger partial charge in [-0.05, 0) is 41.5 Å². The molecule has 0 fully saturated rings. The number of rotatable bonds is 6. The number of carboxylic acids is 2. The number of hydrogen-bond acceptors (Lipinski definition) is 7. The second-order valence-corrected chi connectivity index (χ2v) is 5.66. The summed E-state index contributed by atoms with van der Waals surface area (Å²) in [6.45, 7) is 0. The van der Waals surface area contributed by atoms with Gasteiger partial charge in [-0.1, -0.05) is 12.1 Å². The van der Waals surface area contributed by atoms with Gasteiger partial charge in [0.25, 0.3) is 0 Å². The van der Waals surface area contributed by atoms with Crippen LogP contribution in [0.25, 0.3) is 6.08 Å². The number of carboxylic acid groups (broad SMARTS) is 2. The van der Waals surface area contributed by atoms with Crippen LogP contribution in [0.15, 0.2) is 42.0 Å². The fourth-order valence-electron chi connectivity index (χ4n) is 2.50. The van der Waals surface area contributed by atoms with Crippen molar-refractivity contribution in [3.05, 3.63) is 53.1 Å². The normalized spacial score (nSPS) is 13.7. The molecule has 0 spiro atoms. The highest BCUT2D eigenvalue weighted by atomic mass is 16.4. The molecule has 0 radical (unpaired) electrons. The summed E-state index contributed by atoms with van der Waals surface area (Å²) in [4.78, 5) is 23.0. The van der Waals surface area contributed by atoms with Crippen LogP contribution in [0.5, 0.6) is 23.0 Å². The van der Waals surface area contributed by atoms with E-state index in [2.05, 4.69) is 0 Å². The molecule has 9 heteroatoms. The highest BCUT2D eigenvalue weighted by Crippen LogP contribution is 2.36. The van der Waals surface area contributed by atoms with Crippen LogP contribution in [-0.4, -0.2) is 53.8 Å². The maximum absolute atomic E-state index is 11.8. The number of phenols is 4. The van der Waals surface area contributed by atoms with Gasteiger partial charge in [0.2, 0.25) is 0 Å². The largest absolute Gasteiger partial charge is 0.504 e. The molecule has 142 valence electrons. The molecule has 0 aliphatic rings. The quantitative estimate of drug-likeness (QED) is 0.288. The maximum atomic E-state index is 11.8. The number of aliphatic hydroxyl groups excluding tert-OH is 1. The van der Waals surface area contributed by atoms with Crippen LogP contribution in [0, 0.1) is 0 Å². The van der Waals surface area contributed by atoms with Gasteiger partial charge in [-0.25, -0.2) is 9.59 Å². The molecule has 0 aromatic heterocycles. The predicted octanol–water partition coefficient (Wildman–Crippen LogP) is 1.21. The summed E-state index contributed by atoms with van der Waals surface area (Å²) in [5.74, 6) is -6.95. The average molecular weight is 376 g/mol. The molecule has 2 atom stereocenters. The van der Waals surface area contributed by atoms with Gasteiger partial charge in [-0.3, -0.25) is 0 Å². The summed E-state index contributed by atoms with van der Waals surface area (Å²) < 4.78 is 0. The van der Waals surface area contributed by atoms with E-state index in [0.29, 0.717) is 0 Å². The summed E-state index contributed by atoms with van der Waals surface area (Å²) in [6.07, 6.45) is -1.16. The lowest BCUT2D eigenvalue weighted by molar-refractivity contribution is -0.147. The topological polar surface area (TPSA) is 176 Å². The molecule has 0 heterocycles. The van der Waals surface area contributed by atoms with E-state index in [1.807, 2.05) is 0 Å². The number of benzene rings is 2. The van der Waals surface area contributed by atoms with E-state index in [9.17, 15) is 40.2 Å². The van der Waals surface area contributed by atoms with E-state index in [-0.39, 0.29) is 11.1 Å². The number of hydrogen-bond donors (Lipinski definition) is 7. The molecular weight excluding hydrogens is 360 g/mol. The van der Waals surface area contributed by atoms with E-state index in [1.165, 1.54) is 6.07 Å². The van der Waals surface area contributed by atoms with Crippen LogP contribution >= 0.6 is 0 Å². The van der Waals surface area contributed by atoms with Gasteiger partial charge in [-0.15, -0.1) is 0 Å². The summed E-state index contributed by atoms with van der Waals surface area (Å²) in [5, 5.41) is 66.7. The molecule has 2 aromatic rings. The molecule has 0 aliphatic heterocycles. The number of aromatic hydroxyl groups is 4. The predicted molar refractivity (Wildman–Crippen MR) is 91.5 cm³/mol. The minimum atomic E-state index is -2.18. The molecule has 0 aliphatic carbocycles. The zero-order valence-corrected chi connectivity index (χ0v) is 13.6. The molecular formula is C18H16O9. The Kier molecular flexibility index (Phi) is 5.57. The van der Waals surface area contributed by atoms with Crippen LogP contribution in [-0.2, 0) is 9.59 Å². The Morgan fingerprint density at radius 3 is 1.85 bits per heavy atom. The Labute approximate surface area is 152 Å². The SMILES string of the molecule is O=C(O)C(=Cc1ccc(O)c(O)c1)C(c1ccc(O)c(O)c1)C(O)C(=O)O. The third-order valence-corrected chi connectivity index (χ3v) is 3.83. The minimum absolute atomic E-state index is 0.0724. The fraction of sp³-hybridized carbons (Fsp3) is 0.111. The monoisotopic (exact) mass is 376 g/mol. The first kappa shape index (κ1) is 19.6. The third kappa shape index (κ3) is 4.28. The molecule has 0 saturated carbocycles. The first-order chi connectivity index (χ1) is 12.6. The van der Waals surface area contributed by atoms with Gasteiger partial charge in [0.05, 0.1) is 5.92 Å². The van der Waals surface area contributed by atoms with Crippen molar-refractivity contribution in [2.24, 2.45) is 0 Å². The second-order valence-electron chi connectivity index (χ2n) is 5.66. The Morgan fingerprint density at radius 2 is 1.37 bits per heavy atom. The van der Waals surface area contributed by atoms with Crippen molar-refractivity contribution in [3.63, 3.8) is 0 Å². The molecule has 27 heavy (non-hydrogen) atoms. The number of aliphatic hydroxyl groups is 1. The fourth-order valence-corrected chi connectivity index (χ4v) is 2.50. The number of phenolic OH excluding ortho intramolecular Hbond substituents is 4. The van der Waals surface area contributed by atoms with Crippen LogP contribution in [0.2, 0.25) is 0 Å². The van der Waals surface area contributed by atoms with Gasteiger partial charge >= 0.3 is 11.9 Å². The second kappa shape index (κ2) is 7.67. The Balaban J connectivity index is 2.65. The van der Waals surface area contributed by atoms with Crippen molar-refractivity contribution >= 4 is 18.0 Å². The lowest BCUT2D eigenvalue weighted by Gasteiger charge is -2.22. The van der Waals surface area contributed by atoms with Crippen LogP contribution in [0.3, 0.4) is 0 Å². The number of carbonyl (C=O) groups is 2. The van der Waals surface area contributed by atoms with Crippen molar-refractivity contribution in [1.29, 1.82) is 0 Å². The zero-order chi connectivity index (χ0) is 20.3. The Hall–Kier alpha value is -3.72. The zero-order valence-electron chi connectivity index (χ0n) is 13.6. The highest BCUT2D eigenvalue weighted by molar-refractivity contribution is 5.95. The standard InChI is InChI=1S/C18H16O9/c19-11-3-1-8(6-13(11)21)5-10(17(24)25)15(16(23)18(26)27)9-2-4-12(20)14(22)7-9/h1-7,15-16,19-23H,(H,24,25)(H,26,27). The Morgan fingerprint density at radius 1 is 0.815 bits per heavy atom. The molecule has 0 saturated heterocycles. The van der Waals surface area contributed by atoms with Crippen molar-refractivity contribution in [3.8, 4) is 23.0 Å². The maximum Gasteiger partial charge on any atom is 0.333 e. The van der Waals surface area contributed by atoms with Crippen molar-refractivity contribution in [1.82, 2.24) is 0 Å². The third-order valence-electron chi connectivity index (χ3n) is 3.83. The molecule has 7 N–H and O–H groups in total. The van der Waals surface area contributed by atoms with Crippen LogP contribution in [0.4, 0.5) is 0 Å². The van der Waals surface area contributed by atoms with E-state index in [1.54, 1.807) is 0 Å². The van der Waals surface area contributed by atoms with Crippen LogP contribution in [0.1, 0.15) is 17.0 Å². The summed E-state index contributed by atoms with van der Waals surface area (Å²) in [6, 6.07) is 6.56. The van der Waals surface area contributed by atoms with E-state index in [0.717, 1.165) is 36.4 Å². The smallest absolute Gasteiger partial charge is 0.333 e. The van der Waals surface area contributed by atoms with Crippen molar-refractivity contribution in [2.45, 2.75) is 12.0 Å². The molecule has 2 rings (SSSR count). The van der Waals surface area contributed by atoms with Gasteiger partial charge in [-0.2, -0.15) is 0 Å². The average Bonchev–Trinajstić information content (AvgIpc) is 2.60. The van der Waals surface area contributed by atoms with E-state index >= 15 is 0 Å². The summed E-state index contributed by atoms with van der Waals surface area (Å²) in [5.41, 5.74) is -0.509. The number of aliphatic carboxylic acids is 2. The summed E-state index contributed by atoms with van der Waals surface area (Å²) >= 11 is 0. The van der Waals surface area contributed by atoms with Crippen LogP contribution < -0.4 is 0 Å². The molecule has 0 bridgehead atoms. The van der Waals surface area contributed by atoms with Crippen molar-refractivity contribution in [2.75, 3.05) is 0 Å². The van der Waals surface area contributed by atoms with Gasteiger partial charge in [0, 0.05) is 5.57 Å². The molecule has 9 nitrogen and oxygen atoms in total. The Bertz CT molecular complexity index is 917. The van der Waals surface area contributed by atoms with Gasteiger partial charge < -0.3 is 35.7 Å². The summed E-state index contributed by atoms with van der Waals surface area (Å²) in [7, 11) is 0. The highest BCUT2D eigenvalue weighted by Gasteiger charge is 2.34. The molecule has 0 amide bonds. The lowest BCUT2D eigenvalue weighted by Crippen LogP contribution is -2.31. The first-order valence-corrected chi connectivity index (χ1v) is 7.51. The van der Waals surface area contributed by atoms with Crippen molar-refractivity contribution < 1.29 is 45.3 Å². The minimum Gasteiger partial charge on any atom is -0.504 e. The molecule has 2 aromatic carbocycles.